The van der Waals surface area contributed by atoms with Gasteiger partial charge in [-0.2, -0.15) is 0 Å². The van der Waals surface area contributed by atoms with E-state index in [2.05, 4.69) is 9.97 Å². The van der Waals surface area contributed by atoms with Crippen LogP contribution in [0.4, 0.5) is 0 Å². The molecular weight excluding hydrogens is 370 g/mol. The van der Waals surface area contributed by atoms with E-state index in [1.165, 1.54) is 21.3 Å². The third-order valence-electron chi connectivity index (χ3n) is 3.97. The summed E-state index contributed by atoms with van der Waals surface area (Å²) in [4.78, 5) is 20.5. The summed E-state index contributed by atoms with van der Waals surface area (Å²) >= 11 is 0. The molecule has 27 heavy (non-hydrogen) atoms. The lowest BCUT2D eigenvalue weighted by Crippen LogP contribution is -2.15. The number of hydrogen-bond acceptors (Lipinski definition) is 7. The van der Waals surface area contributed by atoms with Gasteiger partial charge in [-0.3, -0.25) is 14.0 Å². The lowest BCUT2D eigenvalue weighted by Gasteiger charge is -2.12. The molecule has 0 radical (unpaired) electrons. The summed E-state index contributed by atoms with van der Waals surface area (Å²) < 4.78 is 30.0. The smallest absolute Gasteiger partial charge is 0.325 e. The molecule has 0 aliphatic heterocycles. The van der Waals surface area contributed by atoms with E-state index in [0.29, 0.717) is 28.2 Å². The Morgan fingerprint density at radius 3 is 2.63 bits per heavy atom. The Hall–Kier alpha value is -2.94. The molecule has 2 aromatic heterocycles. The maximum Gasteiger partial charge on any atom is 0.325 e. The van der Waals surface area contributed by atoms with Gasteiger partial charge in [-0.05, 0) is 12.1 Å². The van der Waals surface area contributed by atoms with Gasteiger partial charge in [0.05, 0.1) is 54.6 Å². The molecule has 0 fully saturated rings. The Labute approximate surface area is 158 Å². The van der Waals surface area contributed by atoms with Gasteiger partial charge in [0.2, 0.25) is 5.16 Å². The van der Waals surface area contributed by atoms with Gasteiger partial charge in [0.15, 0.2) is 11.5 Å². The summed E-state index contributed by atoms with van der Waals surface area (Å²) in [7, 11) is 2.76. The number of carbonyl (C=O) groups is 1. The van der Waals surface area contributed by atoms with Gasteiger partial charge in [0.25, 0.3) is 0 Å². The molecule has 1 atom stereocenters. The number of hydrogen-bond donors (Lipinski definition) is 0. The lowest BCUT2D eigenvalue weighted by molar-refractivity contribution is -0.141. The van der Waals surface area contributed by atoms with Crippen molar-refractivity contribution in [2.24, 2.45) is 0 Å². The summed E-state index contributed by atoms with van der Waals surface area (Å²) in [6.07, 6.45) is 1.56. The second kappa shape index (κ2) is 8.17. The summed E-state index contributed by atoms with van der Waals surface area (Å²) in [6, 6.07) is 8.94. The van der Waals surface area contributed by atoms with Crippen LogP contribution in [0.15, 0.2) is 41.7 Å². The van der Waals surface area contributed by atoms with Crippen LogP contribution >= 0.6 is 0 Å². The number of fused-ring (bicyclic) bond motifs is 1. The van der Waals surface area contributed by atoms with Crippen LogP contribution in [0.2, 0.25) is 0 Å². The summed E-state index contributed by atoms with van der Waals surface area (Å²) in [6.45, 7) is -0.0826. The van der Waals surface area contributed by atoms with Crippen molar-refractivity contribution < 1.29 is 23.2 Å². The number of para-hydroxylation sites is 2. The lowest BCUT2D eigenvalue weighted by atomic mass is 10.3. The zero-order chi connectivity index (χ0) is 19.4. The van der Waals surface area contributed by atoms with Crippen LogP contribution in [-0.4, -0.2) is 46.0 Å². The first kappa shape index (κ1) is 18.8. The van der Waals surface area contributed by atoms with Crippen LogP contribution in [0.5, 0.6) is 11.5 Å². The van der Waals surface area contributed by atoms with Gasteiger partial charge < -0.3 is 18.8 Å². The number of rotatable bonds is 7. The second-order valence-electron chi connectivity index (χ2n) is 5.53. The Morgan fingerprint density at radius 2 is 1.93 bits per heavy atom. The second-order valence-corrected chi connectivity index (χ2v) is 6.87. The number of ether oxygens (including phenoxy) is 3. The predicted octanol–water partition coefficient (Wildman–Crippen LogP) is 1.93. The van der Waals surface area contributed by atoms with Gasteiger partial charge >= 0.3 is 5.97 Å². The molecule has 1 aromatic carbocycles. The molecule has 0 saturated carbocycles. The Kier molecular flexibility index (Phi) is 5.70. The van der Waals surface area contributed by atoms with Crippen molar-refractivity contribution in [1.29, 1.82) is 0 Å². The van der Waals surface area contributed by atoms with Crippen molar-refractivity contribution in [2.75, 3.05) is 21.3 Å². The van der Waals surface area contributed by atoms with Gasteiger partial charge in [0.1, 0.15) is 6.54 Å². The van der Waals surface area contributed by atoms with Gasteiger partial charge in [0, 0.05) is 12.3 Å². The highest BCUT2D eigenvalue weighted by Gasteiger charge is 2.21. The van der Waals surface area contributed by atoms with Crippen LogP contribution in [-0.2, 0) is 32.6 Å². The maximum atomic E-state index is 13.1. The number of nitrogens with zero attached hydrogens (tertiary/aromatic N) is 3. The average molecular weight is 389 g/mol. The Bertz CT molecular complexity index is 1000. The number of methoxy groups -OCH3 is 3. The Morgan fingerprint density at radius 1 is 1.15 bits per heavy atom. The Balaban J connectivity index is 2.01. The molecule has 9 heteroatoms. The van der Waals surface area contributed by atoms with E-state index in [4.69, 9.17) is 14.2 Å². The molecule has 0 aliphatic carbocycles. The molecule has 142 valence electrons. The first-order chi connectivity index (χ1) is 13.1. The molecule has 0 aliphatic rings. The predicted molar refractivity (Wildman–Crippen MR) is 99.2 cm³/mol. The molecule has 2 heterocycles. The highest BCUT2D eigenvalue weighted by molar-refractivity contribution is 7.84. The number of aromatic nitrogens is 3. The largest absolute Gasteiger partial charge is 0.493 e. The van der Waals surface area contributed by atoms with Crippen molar-refractivity contribution in [1.82, 2.24) is 14.5 Å². The topological polar surface area (TPSA) is 92.5 Å². The van der Waals surface area contributed by atoms with Crippen LogP contribution in [0.3, 0.4) is 0 Å². The minimum atomic E-state index is -1.57. The quantitative estimate of drug-likeness (QED) is 0.570. The normalized spacial score (nSPS) is 12.0. The van der Waals surface area contributed by atoms with Crippen molar-refractivity contribution in [2.45, 2.75) is 17.5 Å². The molecule has 3 rings (SSSR count). The zero-order valence-electron chi connectivity index (χ0n) is 15.2. The fourth-order valence-electron chi connectivity index (χ4n) is 2.72. The molecule has 1 unspecified atom stereocenters. The van der Waals surface area contributed by atoms with E-state index in [0.717, 1.165) is 0 Å². The average Bonchev–Trinajstić information content (AvgIpc) is 3.06. The molecule has 8 nitrogen and oxygen atoms in total. The van der Waals surface area contributed by atoms with Gasteiger partial charge in [-0.15, -0.1) is 0 Å². The third-order valence-corrected chi connectivity index (χ3v) is 5.23. The van der Waals surface area contributed by atoms with Crippen molar-refractivity contribution in [3.8, 4) is 11.5 Å². The third kappa shape index (κ3) is 3.77. The van der Waals surface area contributed by atoms with E-state index < -0.39 is 16.8 Å². The van der Waals surface area contributed by atoms with Crippen LogP contribution < -0.4 is 9.47 Å². The fraction of sp³-hybridized carbons (Fsp3) is 0.278. The SMILES string of the molecule is COC(=O)Cn1c(S(=O)Cc2nccc(OC)c2OC)nc2ccccc21. The summed E-state index contributed by atoms with van der Waals surface area (Å²) in [5.41, 5.74) is 1.83. The molecule has 0 spiro atoms. The standard InChI is InChI=1S/C18H19N3O5S/c1-24-15-8-9-19-13(17(15)26-3)11-27(23)18-20-12-6-4-5-7-14(12)21(18)10-16(22)25-2/h4-9H,10-11H2,1-3H3. The van der Waals surface area contributed by atoms with Gasteiger partial charge in [-0.25, -0.2) is 4.98 Å². The van der Waals surface area contributed by atoms with E-state index in [1.54, 1.807) is 22.9 Å². The highest BCUT2D eigenvalue weighted by Crippen LogP contribution is 2.31. The van der Waals surface area contributed by atoms with Crippen molar-refractivity contribution >= 4 is 27.8 Å². The molecule has 3 aromatic rings. The molecule has 0 bridgehead atoms. The van der Waals surface area contributed by atoms with E-state index in [9.17, 15) is 9.00 Å². The first-order valence-electron chi connectivity index (χ1n) is 8.05. The van der Waals surface area contributed by atoms with Crippen molar-refractivity contribution in [3.05, 3.63) is 42.2 Å². The van der Waals surface area contributed by atoms with Crippen LogP contribution in [0, 0.1) is 0 Å². The highest BCUT2D eigenvalue weighted by atomic mass is 32.2. The first-order valence-corrected chi connectivity index (χ1v) is 9.37. The van der Waals surface area contributed by atoms with E-state index in [-0.39, 0.29) is 17.5 Å². The summed E-state index contributed by atoms with van der Waals surface area (Å²) in [5.74, 6) is 0.533. The molecule has 0 amide bonds. The van der Waals surface area contributed by atoms with Gasteiger partial charge in [-0.1, -0.05) is 12.1 Å². The fourth-order valence-corrected chi connectivity index (χ4v) is 3.91. The minimum absolute atomic E-state index is 0.0604. The number of esters is 1. The molecule has 0 saturated heterocycles. The minimum Gasteiger partial charge on any atom is -0.493 e. The monoisotopic (exact) mass is 389 g/mol. The summed E-state index contributed by atoms with van der Waals surface area (Å²) in [5, 5.41) is 0.272. The number of carbonyl (C=O) groups excluding carboxylic acids is 1. The zero-order valence-corrected chi connectivity index (χ0v) is 16.0. The maximum absolute atomic E-state index is 13.1. The van der Waals surface area contributed by atoms with Crippen LogP contribution in [0.1, 0.15) is 5.69 Å². The number of benzene rings is 1. The van der Waals surface area contributed by atoms with E-state index in [1.807, 2.05) is 18.2 Å². The number of imidazole rings is 1. The molecular formula is C18H19N3O5S. The van der Waals surface area contributed by atoms with E-state index >= 15 is 0 Å². The molecule has 0 N–H and O–H groups in total. The van der Waals surface area contributed by atoms with Crippen LogP contribution in [0.25, 0.3) is 11.0 Å². The van der Waals surface area contributed by atoms with Crippen molar-refractivity contribution in [3.63, 3.8) is 0 Å². The number of pyridine rings is 1.